The Bertz CT molecular complexity index is 660. The van der Waals surface area contributed by atoms with Gasteiger partial charge in [0.1, 0.15) is 0 Å². The number of benzene rings is 2. The molecule has 0 spiro atoms. The van der Waals surface area contributed by atoms with Gasteiger partial charge in [-0.2, -0.15) is 0 Å². The van der Waals surface area contributed by atoms with E-state index in [4.69, 9.17) is 0 Å². The molecule has 0 aliphatic rings. The Hall–Kier alpha value is -2.02. The van der Waals surface area contributed by atoms with Crippen molar-refractivity contribution in [3.05, 3.63) is 59.8 Å². The van der Waals surface area contributed by atoms with E-state index >= 15 is 0 Å². The Morgan fingerprint density at radius 1 is 0.882 bits per heavy atom. The van der Waals surface area contributed by atoms with Crippen LogP contribution in [0.3, 0.4) is 0 Å². The molecule has 1 N–H and O–H groups in total. The smallest absolute Gasteiger partial charge is 0.0490 e. The first-order chi connectivity index (χ1) is 8.25. The third-order valence-electron chi connectivity index (χ3n) is 3.29. The summed E-state index contributed by atoms with van der Waals surface area (Å²) in [6.07, 6.45) is 2.10. The summed E-state index contributed by atoms with van der Waals surface area (Å²) >= 11 is 0. The van der Waals surface area contributed by atoms with Gasteiger partial charge in [-0.15, -0.1) is 0 Å². The van der Waals surface area contributed by atoms with E-state index in [9.17, 15) is 0 Å². The molecule has 0 radical (unpaired) electrons. The lowest BCUT2D eigenvalue weighted by molar-refractivity contribution is 1.41. The van der Waals surface area contributed by atoms with E-state index in [-0.39, 0.29) is 0 Å². The third-order valence-corrected chi connectivity index (χ3v) is 3.29. The van der Waals surface area contributed by atoms with E-state index in [0.29, 0.717) is 0 Å². The number of nitrogens with one attached hydrogen (secondary N) is 1. The molecule has 1 heteroatoms. The number of hydrogen-bond donors (Lipinski definition) is 1. The molecule has 1 nitrogen and oxygen atoms in total. The molecule has 84 valence electrons. The molecule has 0 saturated heterocycles. The van der Waals surface area contributed by atoms with Crippen molar-refractivity contribution in [2.45, 2.75) is 13.8 Å². The van der Waals surface area contributed by atoms with Crippen molar-refractivity contribution in [2.75, 3.05) is 0 Å². The monoisotopic (exact) mass is 221 g/mol. The first-order valence-electron chi connectivity index (χ1n) is 5.89. The standard InChI is InChI=1S/C16H15N/c1-11-6-8-13(9-7-11)15-10-17-16-12(2)4-3-5-14(15)16/h3-10,17H,1-2H3. The fourth-order valence-electron chi connectivity index (χ4n) is 2.28. The zero-order valence-electron chi connectivity index (χ0n) is 10.1. The highest BCUT2D eigenvalue weighted by Gasteiger charge is 2.06. The van der Waals surface area contributed by atoms with Crippen LogP contribution in [-0.4, -0.2) is 4.98 Å². The maximum absolute atomic E-state index is 3.37. The fourth-order valence-corrected chi connectivity index (χ4v) is 2.28. The molecule has 0 atom stereocenters. The van der Waals surface area contributed by atoms with Crippen LogP contribution in [0.15, 0.2) is 48.7 Å². The van der Waals surface area contributed by atoms with Crippen LogP contribution in [0, 0.1) is 13.8 Å². The molecule has 2 aromatic carbocycles. The van der Waals surface area contributed by atoms with Crippen molar-refractivity contribution >= 4 is 10.9 Å². The summed E-state index contributed by atoms with van der Waals surface area (Å²) in [5.41, 5.74) is 6.38. The minimum atomic E-state index is 1.24. The van der Waals surface area contributed by atoms with Crippen molar-refractivity contribution in [3.8, 4) is 11.1 Å². The molecule has 0 fully saturated rings. The van der Waals surface area contributed by atoms with Crippen LogP contribution in [0.5, 0.6) is 0 Å². The fraction of sp³-hybridized carbons (Fsp3) is 0.125. The van der Waals surface area contributed by atoms with E-state index in [1.54, 1.807) is 0 Å². The van der Waals surface area contributed by atoms with Gasteiger partial charge in [-0.25, -0.2) is 0 Å². The molecule has 0 amide bonds. The second-order valence-electron chi connectivity index (χ2n) is 4.57. The number of H-pyrrole nitrogens is 1. The van der Waals surface area contributed by atoms with Crippen LogP contribution in [-0.2, 0) is 0 Å². The Balaban J connectivity index is 2.24. The van der Waals surface area contributed by atoms with Gasteiger partial charge in [0.15, 0.2) is 0 Å². The van der Waals surface area contributed by atoms with Crippen LogP contribution >= 0.6 is 0 Å². The van der Waals surface area contributed by atoms with Crippen LogP contribution in [0.1, 0.15) is 11.1 Å². The third kappa shape index (κ3) is 1.64. The van der Waals surface area contributed by atoms with Crippen molar-refractivity contribution in [2.24, 2.45) is 0 Å². The number of aromatic amines is 1. The molecular weight excluding hydrogens is 206 g/mol. The van der Waals surface area contributed by atoms with E-state index in [2.05, 4.69) is 67.5 Å². The van der Waals surface area contributed by atoms with Crippen molar-refractivity contribution in [1.82, 2.24) is 4.98 Å². The number of para-hydroxylation sites is 1. The van der Waals surface area contributed by atoms with Crippen LogP contribution in [0.25, 0.3) is 22.0 Å². The van der Waals surface area contributed by atoms with Crippen molar-refractivity contribution < 1.29 is 0 Å². The zero-order chi connectivity index (χ0) is 11.8. The molecule has 3 rings (SSSR count). The lowest BCUT2D eigenvalue weighted by atomic mass is 10.0. The van der Waals surface area contributed by atoms with E-state index < -0.39 is 0 Å². The molecule has 0 saturated carbocycles. The van der Waals surface area contributed by atoms with Crippen molar-refractivity contribution in [1.29, 1.82) is 0 Å². The molecule has 17 heavy (non-hydrogen) atoms. The summed E-state index contributed by atoms with van der Waals surface area (Å²) in [6.45, 7) is 4.25. The molecule has 0 unspecified atom stereocenters. The molecule has 3 aromatic rings. The van der Waals surface area contributed by atoms with Gasteiger partial charge in [-0.05, 0) is 25.0 Å². The predicted molar refractivity (Wildman–Crippen MR) is 73.2 cm³/mol. The normalized spacial score (nSPS) is 10.9. The van der Waals surface area contributed by atoms with Gasteiger partial charge >= 0.3 is 0 Å². The molecule has 0 bridgehead atoms. The lowest BCUT2D eigenvalue weighted by Crippen LogP contribution is -1.77. The highest BCUT2D eigenvalue weighted by Crippen LogP contribution is 2.29. The SMILES string of the molecule is Cc1ccc(-c2c[nH]c3c(C)cccc23)cc1. The van der Waals surface area contributed by atoms with Crippen LogP contribution < -0.4 is 0 Å². The Morgan fingerprint density at radius 2 is 1.65 bits per heavy atom. The average molecular weight is 221 g/mol. The maximum atomic E-state index is 3.37. The minimum absolute atomic E-state index is 1.24. The number of aromatic nitrogens is 1. The molecule has 0 aliphatic heterocycles. The Labute approximate surface area is 101 Å². The molecular formula is C16H15N. The second kappa shape index (κ2) is 3.77. The van der Waals surface area contributed by atoms with Gasteiger partial charge in [0, 0.05) is 22.7 Å². The topological polar surface area (TPSA) is 15.8 Å². The zero-order valence-corrected chi connectivity index (χ0v) is 10.1. The van der Waals surface area contributed by atoms with Gasteiger partial charge in [0.05, 0.1) is 0 Å². The summed E-state index contributed by atoms with van der Waals surface area (Å²) in [6, 6.07) is 15.1. The summed E-state index contributed by atoms with van der Waals surface area (Å²) in [7, 11) is 0. The van der Waals surface area contributed by atoms with Crippen LogP contribution in [0.4, 0.5) is 0 Å². The average Bonchev–Trinajstić information content (AvgIpc) is 2.75. The van der Waals surface area contributed by atoms with Gasteiger partial charge in [0.25, 0.3) is 0 Å². The van der Waals surface area contributed by atoms with E-state index in [1.165, 1.54) is 33.2 Å². The quantitative estimate of drug-likeness (QED) is 0.624. The first-order valence-corrected chi connectivity index (χ1v) is 5.89. The molecule has 1 aromatic heterocycles. The number of aryl methyl sites for hydroxylation is 2. The summed E-state index contributed by atoms with van der Waals surface area (Å²) < 4.78 is 0. The van der Waals surface area contributed by atoms with Gasteiger partial charge in [-0.1, -0.05) is 48.0 Å². The largest absolute Gasteiger partial charge is 0.360 e. The predicted octanol–water partition coefficient (Wildman–Crippen LogP) is 4.45. The van der Waals surface area contributed by atoms with E-state index in [1.807, 2.05) is 0 Å². The second-order valence-corrected chi connectivity index (χ2v) is 4.57. The highest BCUT2D eigenvalue weighted by atomic mass is 14.7. The Kier molecular flexibility index (Phi) is 2.25. The maximum Gasteiger partial charge on any atom is 0.0490 e. The summed E-state index contributed by atoms with van der Waals surface area (Å²) in [5.74, 6) is 0. The van der Waals surface area contributed by atoms with Crippen molar-refractivity contribution in [3.63, 3.8) is 0 Å². The Morgan fingerprint density at radius 3 is 2.41 bits per heavy atom. The molecule has 1 heterocycles. The van der Waals surface area contributed by atoms with Gasteiger partial charge < -0.3 is 4.98 Å². The number of fused-ring (bicyclic) bond motifs is 1. The molecule has 0 aliphatic carbocycles. The van der Waals surface area contributed by atoms with Gasteiger partial charge in [-0.3, -0.25) is 0 Å². The minimum Gasteiger partial charge on any atom is -0.360 e. The highest BCUT2D eigenvalue weighted by molar-refractivity contribution is 5.96. The summed E-state index contributed by atoms with van der Waals surface area (Å²) in [4.78, 5) is 3.37. The number of hydrogen-bond acceptors (Lipinski definition) is 0. The first kappa shape index (κ1) is 10.2. The summed E-state index contributed by atoms with van der Waals surface area (Å²) in [5, 5.41) is 1.30. The lowest BCUT2D eigenvalue weighted by Gasteiger charge is -2.01. The van der Waals surface area contributed by atoms with Crippen LogP contribution in [0.2, 0.25) is 0 Å². The van der Waals surface area contributed by atoms with E-state index in [0.717, 1.165) is 0 Å². The van der Waals surface area contributed by atoms with Gasteiger partial charge in [0.2, 0.25) is 0 Å². The number of rotatable bonds is 1.